The fraction of sp³-hybridized carbons (Fsp3) is 0.364. The number of hydrogen-bond acceptors (Lipinski definition) is 4. The van der Waals surface area contributed by atoms with Gasteiger partial charge in [-0.2, -0.15) is 4.79 Å². The normalized spacial score (nSPS) is 11.2. The molecule has 1 aromatic rings. The Morgan fingerprint density at radius 3 is 2.56 bits per heavy atom. The molecular formula is C11H15N4O3+. The predicted octanol–water partition coefficient (Wildman–Crippen LogP) is 2.59. The molecule has 0 aliphatic rings. The lowest BCUT2D eigenvalue weighted by atomic mass is 10.0. The minimum absolute atomic E-state index is 0.470. The van der Waals surface area contributed by atoms with Crippen LogP contribution in [-0.4, -0.2) is 23.3 Å². The van der Waals surface area contributed by atoms with Crippen molar-refractivity contribution in [2.45, 2.75) is 19.4 Å². The summed E-state index contributed by atoms with van der Waals surface area (Å²) in [6.45, 7) is 1.84. The second-order valence-corrected chi connectivity index (χ2v) is 3.51. The lowest BCUT2D eigenvalue weighted by Gasteiger charge is -2.15. The van der Waals surface area contributed by atoms with Crippen LogP contribution in [-0.2, 0) is 0 Å². The van der Waals surface area contributed by atoms with E-state index in [0.29, 0.717) is 12.2 Å². The molecule has 0 aliphatic heterocycles. The summed E-state index contributed by atoms with van der Waals surface area (Å²) < 4.78 is 5.04. The number of carboxylic acid groups (broad SMARTS) is 1. The molecule has 1 atom stereocenters. The summed E-state index contributed by atoms with van der Waals surface area (Å²) in [5, 5.41) is 13.1. The topological polar surface area (TPSA) is 100 Å². The van der Waals surface area contributed by atoms with Gasteiger partial charge in [-0.05, 0) is 34.7 Å². The molecule has 1 unspecified atom stereocenters. The summed E-state index contributed by atoms with van der Waals surface area (Å²) >= 11 is 0. The zero-order valence-corrected chi connectivity index (χ0v) is 10.2. The van der Waals surface area contributed by atoms with Gasteiger partial charge in [0, 0.05) is 0 Å². The number of benzene rings is 1. The number of amides is 1. The third-order valence-electron chi connectivity index (χ3n) is 2.52. The van der Waals surface area contributed by atoms with Crippen molar-refractivity contribution in [3.05, 3.63) is 29.8 Å². The highest BCUT2D eigenvalue weighted by Gasteiger charge is 2.32. The van der Waals surface area contributed by atoms with Gasteiger partial charge in [-0.3, -0.25) is 0 Å². The Morgan fingerprint density at radius 1 is 1.56 bits per heavy atom. The van der Waals surface area contributed by atoms with Gasteiger partial charge in [0.15, 0.2) is 6.04 Å². The van der Waals surface area contributed by atoms with E-state index in [2.05, 4.69) is 10.1 Å². The molecule has 2 N–H and O–H groups in total. The number of hydrogen-bond donors (Lipinski definition) is 2. The van der Waals surface area contributed by atoms with E-state index in [9.17, 15) is 4.79 Å². The standard InChI is InChI=1S/C11H14N4O3/c1-3-10(15(11(16)17)14-13-12)8-4-6-9(18-2)7-5-8/h4-7,10,12H,3H2,1-2H3/p+1. The summed E-state index contributed by atoms with van der Waals surface area (Å²) in [6, 6.07) is 6.55. The molecule has 7 nitrogen and oxygen atoms in total. The molecule has 0 radical (unpaired) electrons. The maximum Gasteiger partial charge on any atom is 0.526 e. The van der Waals surface area contributed by atoms with E-state index in [4.69, 9.17) is 15.4 Å². The lowest BCUT2D eigenvalue weighted by Crippen LogP contribution is -2.28. The van der Waals surface area contributed by atoms with Gasteiger partial charge in [0.1, 0.15) is 5.75 Å². The fourth-order valence-corrected chi connectivity index (χ4v) is 1.66. The van der Waals surface area contributed by atoms with E-state index in [1.165, 1.54) is 0 Å². The molecule has 0 fully saturated rings. The molecule has 0 aromatic heterocycles. The first-order valence-electron chi connectivity index (χ1n) is 5.37. The van der Waals surface area contributed by atoms with Crippen molar-refractivity contribution in [2.75, 3.05) is 7.11 Å². The SMILES string of the molecule is CCC(c1ccc(OC)cc1)N(N=[N+]=N)C(=O)O. The Balaban J connectivity index is 3.06. The van der Waals surface area contributed by atoms with E-state index in [-0.39, 0.29) is 0 Å². The predicted molar refractivity (Wildman–Crippen MR) is 63.2 cm³/mol. The Kier molecular flexibility index (Phi) is 4.83. The molecule has 18 heavy (non-hydrogen) atoms. The zero-order chi connectivity index (χ0) is 13.5. The molecule has 0 saturated heterocycles. The highest BCUT2D eigenvalue weighted by Crippen LogP contribution is 2.26. The first-order valence-corrected chi connectivity index (χ1v) is 5.37. The molecule has 1 aromatic carbocycles. The van der Waals surface area contributed by atoms with Crippen LogP contribution < -0.4 is 9.65 Å². The average Bonchev–Trinajstić information content (AvgIpc) is 2.39. The molecule has 0 bridgehead atoms. The number of methoxy groups -OCH3 is 1. The second kappa shape index (κ2) is 6.36. The number of ether oxygens (including phenoxy) is 1. The highest BCUT2D eigenvalue weighted by atomic mass is 16.5. The van der Waals surface area contributed by atoms with E-state index in [1.54, 1.807) is 31.4 Å². The molecule has 1 amide bonds. The third kappa shape index (κ3) is 3.05. The van der Waals surface area contributed by atoms with Gasteiger partial charge in [0.05, 0.1) is 12.0 Å². The number of rotatable bonds is 5. The molecule has 0 heterocycles. The van der Waals surface area contributed by atoms with Crippen LogP contribution in [0.15, 0.2) is 29.5 Å². The monoisotopic (exact) mass is 251 g/mol. The number of carbonyl (C=O) groups is 1. The van der Waals surface area contributed by atoms with Crippen molar-refractivity contribution in [1.82, 2.24) is 9.92 Å². The summed E-state index contributed by atoms with van der Waals surface area (Å²) in [7, 11) is 1.56. The third-order valence-corrected chi connectivity index (χ3v) is 2.52. The molecular weight excluding hydrogens is 236 g/mol. The Bertz CT molecular complexity index is 452. The number of nitrogens with one attached hydrogen (secondary N) is 1. The van der Waals surface area contributed by atoms with Crippen LogP contribution >= 0.6 is 0 Å². The minimum atomic E-state index is -1.24. The van der Waals surface area contributed by atoms with Crippen LogP contribution in [0.4, 0.5) is 4.79 Å². The summed E-state index contributed by atoms with van der Waals surface area (Å²) in [6.07, 6.45) is -0.717. The van der Waals surface area contributed by atoms with Gasteiger partial charge in [0.2, 0.25) is 5.22 Å². The van der Waals surface area contributed by atoms with E-state index in [0.717, 1.165) is 10.6 Å². The first kappa shape index (κ1) is 13.7. The van der Waals surface area contributed by atoms with Crippen molar-refractivity contribution < 1.29 is 14.6 Å². The summed E-state index contributed by atoms with van der Waals surface area (Å²) in [5.41, 5.74) is 7.43. The Hall–Kier alpha value is -2.40. The van der Waals surface area contributed by atoms with Crippen LogP contribution in [0.1, 0.15) is 24.9 Å². The van der Waals surface area contributed by atoms with Gasteiger partial charge >= 0.3 is 6.09 Å². The van der Waals surface area contributed by atoms with Gasteiger partial charge in [-0.25, -0.2) is 0 Å². The maximum absolute atomic E-state index is 11.1. The van der Waals surface area contributed by atoms with Crippen molar-refractivity contribution in [3.8, 4) is 5.75 Å². The lowest BCUT2D eigenvalue weighted by molar-refractivity contribution is 0.118. The molecule has 7 heteroatoms. The van der Waals surface area contributed by atoms with E-state index in [1.807, 2.05) is 6.92 Å². The maximum atomic E-state index is 11.1. The number of nitrogens with zero attached hydrogens (tertiary/aromatic N) is 3. The molecule has 96 valence electrons. The first-order chi connectivity index (χ1) is 8.63. The van der Waals surface area contributed by atoms with E-state index < -0.39 is 12.1 Å². The Labute approximate surface area is 104 Å². The molecule has 1 rings (SSSR count). The van der Waals surface area contributed by atoms with E-state index >= 15 is 0 Å². The van der Waals surface area contributed by atoms with Crippen molar-refractivity contribution in [3.63, 3.8) is 0 Å². The van der Waals surface area contributed by atoms with Crippen LogP contribution in [0.3, 0.4) is 0 Å². The van der Waals surface area contributed by atoms with Gasteiger partial charge < -0.3 is 9.84 Å². The van der Waals surface area contributed by atoms with Crippen LogP contribution in [0.25, 0.3) is 0 Å². The largest absolute Gasteiger partial charge is 0.526 e. The summed E-state index contributed by atoms with van der Waals surface area (Å²) in [4.78, 5) is 13.8. The quantitative estimate of drug-likeness (QED) is 0.477. The van der Waals surface area contributed by atoms with Crippen LogP contribution in [0.2, 0.25) is 0 Å². The fourth-order valence-electron chi connectivity index (χ4n) is 1.66. The molecule has 0 aliphatic carbocycles. The van der Waals surface area contributed by atoms with Crippen LogP contribution in [0, 0.1) is 5.53 Å². The Morgan fingerprint density at radius 2 is 2.17 bits per heavy atom. The van der Waals surface area contributed by atoms with Crippen LogP contribution in [0.5, 0.6) is 5.75 Å². The zero-order valence-electron chi connectivity index (χ0n) is 10.2. The second-order valence-electron chi connectivity index (χ2n) is 3.51. The van der Waals surface area contributed by atoms with Gasteiger partial charge in [-0.1, -0.05) is 19.1 Å². The smallest absolute Gasteiger partial charge is 0.497 e. The minimum Gasteiger partial charge on any atom is -0.497 e. The highest BCUT2D eigenvalue weighted by molar-refractivity contribution is 5.65. The van der Waals surface area contributed by atoms with Crippen molar-refractivity contribution in [1.29, 1.82) is 5.53 Å². The molecule has 0 spiro atoms. The van der Waals surface area contributed by atoms with Gasteiger partial charge in [0.25, 0.3) is 0 Å². The summed E-state index contributed by atoms with van der Waals surface area (Å²) in [5.74, 6) is 0.692. The average molecular weight is 251 g/mol. The molecule has 0 saturated carbocycles. The van der Waals surface area contributed by atoms with Crippen molar-refractivity contribution >= 4 is 6.09 Å². The van der Waals surface area contributed by atoms with Gasteiger partial charge in [-0.15, -0.1) is 0 Å². The van der Waals surface area contributed by atoms with Crippen molar-refractivity contribution in [2.24, 2.45) is 5.22 Å².